The largest absolute Gasteiger partial charge is 0.495 e. The number of ether oxygens (including phenoxy) is 1. The molecule has 2 aromatic rings. The second-order valence-corrected chi connectivity index (χ2v) is 4.82. The van der Waals surface area contributed by atoms with Crippen LogP contribution in [0.1, 0.15) is 11.1 Å². The van der Waals surface area contributed by atoms with Crippen LogP contribution in [0.2, 0.25) is 5.02 Å². The maximum atomic E-state index is 8.26. The first-order valence-electron chi connectivity index (χ1n) is 5.98. The Morgan fingerprint density at radius 2 is 2.00 bits per heavy atom. The number of nitrogens with zero attached hydrogens (tertiary/aromatic N) is 1. The van der Waals surface area contributed by atoms with E-state index >= 15 is 0 Å². The monoisotopic (exact) mass is 272 g/mol. The van der Waals surface area contributed by atoms with Crippen molar-refractivity contribution in [1.29, 1.82) is 5.41 Å². The second kappa shape index (κ2) is 4.59. The highest BCUT2D eigenvalue weighted by Gasteiger charge is 2.25. The molecule has 1 aliphatic heterocycles. The summed E-state index contributed by atoms with van der Waals surface area (Å²) in [7, 11) is 1.59. The van der Waals surface area contributed by atoms with Gasteiger partial charge in [0.25, 0.3) is 0 Å². The lowest BCUT2D eigenvalue weighted by Gasteiger charge is -2.19. The first-order valence-corrected chi connectivity index (χ1v) is 6.36. The van der Waals surface area contributed by atoms with Crippen molar-refractivity contribution in [3.05, 3.63) is 58.6 Å². The van der Waals surface area contributed by atoms with Crippen molar-refractivity contribution >= 4 is 23.1 Å². The average Bonchev–Trinajstić information content (AvgIpc) is 2.77. The molecule has 0 fully saturated rings. The van der Waals surface area contributed by atoms with Gasteiger partial charge in [-0.25, -0.2) is 0 Å². The summed E-state index contributed by atoms with van der Waals surface area (Å²) < 4.78 is 5.23. The van der Waals surface area contributed by atoms with E-state index in [1.807, 2.05) is 35.2 Å². The quantitative estimate of drug-likeness (QED) is 0.905. The van der Waals surface area contributed by atoms with Crippen molar-refractivity contribution in [2.45, 2.75) is 6.54 Å². The van der Waals surface area contributed by atoms with Crippen molar-refractivity contribution in [1.82, 2.24) is 0 Å². The summed E-state index contributed by atoms with van der Waals surface area (Å²) in [6.45, 7) is 0.708. The number of anilines is 1. The zero-order chi connectivity index (χ0) is 13.4. The maximum absolute atomic E-state index is 8.26. The van der Waals surface area contributed by atoms with Gasteiger partial charge in [-0.1, -0.05) is 35.9 Å². The lowest BCUT2D eigenvalue weighted by Crippen LogP contribution is -2.22. The van der Waals surface area contributed by atoms with Crippen LogP contribution in [0.15, 0.2) is 42.5 Å². The number of hydrogen-bond donors (Lipinski definition) is 1. The number of halogens is 1. The summed E-state index contributed by atoms with van der Waals surface area (Å²) in [5, 5.41) is 8.84. The molecule has 96 valence electrons. The first-order chi connectivity index (χ1) is 9.20. The zero-order valence-electron chi connectivity index (χ0n) is 10.5. The van der Waals surface area contributed by atoms with Crippen LogP contribution in [0.4, 0.5) is 5.69 Å². The first kappa shape index (κ1) is 12.1. The van der Waals surface area contributed by atoms with Gasteiger partial charge in [-0.3, -0.25) is 5.41 Å². The zero-order valence-corrected chi connectivity index (χ0v) is 11.2. The number of rotatable bonds is 2. The van der Waals surface area contributed by atoms with Crippen molar-refractivity contribution < 1.29 is 4.74 Å². The summed E-state index contributed by atoms with van der Waals surface area (Å²) in [4.78, 5) is 1.95. The van der Waals surface area contributed by atoms with Gasteiger partial charge in [0.05, 0.1) is 18.7 Å². The third kappa shape index (κ3) is 1.96. The number of hydrogen-bond acceptors (Lipinski definition) is 2. The Labute approximate surface area is 116 Å². The number of benzene rings is 2. The third-order valence-corrected chi connectivity index (χ3v) is 3.63. The summed E-state index contributed by atoms with van der Waals surface area (Å²) in [5.74, 6) is 1.14. The van der Waals surface area contributed by atoms with Crippen molar-refractivity contribution in [3.63, 3.8) is 0 Å². The van der Waals surface area contributed by atoms with Gasteiger partial charge < -0.3 is 9.64 Å². The smallest absolute Gasteiger partial charge is 0.139 e. The molecule has 1 heterocycles. The van der Waals surface area contributed by atoms with Crippen LogP contribution in [0.5, 0.6) is 5.75 Å². The lowest BCUT2D eigenvalue weighted by molar-refractivity contribution is 0.415. The van der Waals surface area contributed by atoms with E-state index in [1.54, 1.807) is 13.2 Å². The van der Waals surface area contributed by atoms with Gasteiger partial charge in [0.1, 0.15) is 11.6 Å². The SMILES string of the molecule is COc1cc(N2Cc3ccccc3C2=N)ccc1Cl. The molecule has 3 rings (SSSR count). The van der Waals surface area contributed by atoms with E-state index in [0.717, 1.165) is 11.3 Å². The topological polar surface area (TPSA) is 36.3 Å². The fraction of sp³-hybridized carbons (Fsp3) is 0.133. The van der Waals surface area contributed by atoms with E-state index in [2.05, 4.69) is 6.07 Å². The standard InChI is InChI=1S/C15H13ClN2O/c1-19-14-8-11(6-7-13(14)16)18-9-10-4-2-3-5-12(10)15(18)17/h2-8,17H,9H2,1H3. The molecule has 0 saturated heterocycles. The van der Waals surface area contributed by atoms with E-state index in [4.69, 9.17) is 21.7 Å². The molecule has 1 aliphatic rings. The number of amidine groups is 1. The van der Waals surface area contributed by atoms with E-state index in [-0.39, 0.29) is 0 Å². The minimum atomic E-state index is 0.514. The molecule has 0 saturated carbocycles. The number of methoxy groups -OCH3 is 1. The number of nitrogens with one attached hydrogen (secondary N) is 1. The summed E-state index contributed by atoms with van der Waals surface area (Å²) in [6, 6.07) is 13.6. The molecule has 3 nitrogen and oxygen atoms in total. The normalized spacial score (nSPS) is 13.6. The van der Waals surface area contributed by atoms with E-state index in [0.29, 0.717) is 23.2 Å². The Bertz CT molecular complexity index is 654. The molecule has 0 aliphatic carbocycles. The highest BCUT2D eigenvalue weighted by atomic mass is 35.5. The molecule has 0 unspecified atom stereocenters. The Balaban J connectivity index is 2.00. The Hall–Kier alpha value is -2.00. The predicted octanol–water partition coefficient (Wildman–Crippen LogP) is 3.69. The molecular weight excluding hydrogens is 260 g/mol. The van der Waals surface area contributed by atoms with Gasteiger partial charge in [-0.2, -0.15) is 0 Å². The summed E-state index contributed by atoms with van der Waals surface area (Å²) in [6.07, 6.45) is 0. The predicted molar refractivity (Wildman–Crippen MR) is 77.5 cm³/mol. The molecule has 1 N–H and O–H groups in total. The van der Waals surface area contributed by atoms with Crippen molar-refractivity contribution in [2.24, 2.45) is 0 Å². The van der Waals surface area contributed by atoms with Gasteiger partial charge >= 0.3 is 0 Å². The molecule has 0 amide bonds. The van der Waals surface area contributed by atoms with E-state index in [9.17, 15) is 0 Å². The number of fused-ring (bicyclic) bond motifs is 1. The van der Waals surface area contributed by atoms with E-state index in [1.165, 1.54) is 5.56 Å². The van der Waals surface area contributed by atoms with Crippen LogP contribution in [-0.4, -0.2) is 12.9 Å². The van der Waals surface area contributed by atoms with Gasteiger partial charge in [0, 0.05) is 17.3 Å². The molecule has 0 radical (unpaired) electrons. The molecule has 0 bridgehead atoms. The summed E-state index contributed by atoms with van der Waals surface area (Å²) >= 11 is 6.03. The van der Waals surface area contributed by atoms with Gasteiger partial charge in [-0.05, 0) is 17.7 Å². The molecule has 4 heteroatoms. The van der Waals surface area contributed by atoms with Crippen LogP contribution >= 0.6 is 11.6 Å². The second-order valence-electron chi connectivity index (χ2n) is 4.41. The highest BCUT2D eigenvalue weighted by molar-refractivity contribution is 6.32. The Morgan fingerprint density at radius 1 is 1.21 bits per heavy atom. The van der Waals surface area contributed by atoms with Crippen molar-refractivity contribution in [3.8, 4) is 5.75 Å². The van der Waals surface area contributed by atoms with E-state index < -0.39 is 0 Å². The van der Waals surface area contributed by atoms with Gasteiger partial charge in [0.15, 0.2) is 0 Å². The lowest BCUT2D eigenvalue weighted by atomic mass is 10.1. The third-order valence-electron chi connectivity index (χ3n) is 3.32. The van der Waals surface area contributed by atoms with Crippen LogP contribution in [0.3, 0.4) is 0 Å². The fourth-order valence-electron chi connectivity index (χ4n) is 2.32. The molecule has 0 spiro atoms. The average molecular weight is 273 g/mol. The Morgan fingerprint density at radius 3 is 2.74 bits per heavy atom. The minimum absolute atomic E-state index is 0.514. The molecular formula is C15H13ClN2O. The van der Waals surface area contributed by atoms with Gasteiger partial charge in [-0.15, -0.1) is 0 Å². The van der Waals surface area contributed by atoms with Crippen LogP contribution in [0, 0.1) is 5.41 Å². The summed E-state index contributed by atoms with van der Waals surface area (Å²) in [5.41, 5.74) is 3.07. The van der Waals surface area contributed by atoms with Crippen LogP contribution < -0.4 is 9.64 Å². The van der Waals surface area contributed by atoms with Crippen LogP contribution in [0.25, 0.3) is 0 Å². The van der Waals surface area contributed by atoms with Gasteiger partial charge in [0.2, 0.25) is 0 Å². The molecule has 2 aromatic carbocycles. The minimum Gasteiger partial charge on any atom is -0.495 e. The molecule has 0 atom stereocenters. The van der Waals surface area contributed by atoms with Crippen LogP contribution in [-0.2, 0) is 6.54 Å². The highest BCUT2D eigenvalue weighted by Crippen LogP contribution is 2.33. The molecule has 19 heavy (non-hydrogen) atoms. The van der Waals surface area contributed by atoms with Crippen molar-refractivity contribution in [2.75, 3.05) is 12.0 Å². The maximum Gasteiger partial charge on any atom is 0.139 e. The Kier molecular flexibility index (Phi) is 2.91. The molecule has 0 aromatic heterocycles. The fourth-order valence-corrected chi connectivity index (χ4v) is 2.52.